The molecule has 8 aromatic rings. The highest BCUT2D eigenvalue weighted by Crippen LogP contribution is 2.53. The summed E-state index contributed by atoms with van der Waals surface area (Å²) in [6.45, 7) is 4.65. The molecule has 0 atom stereocenters. The summed E-state index contributed by atoms with van der Waals surface area (Å²) < 4.78 is 0. The predicted octanol–water partition coefficient (Wildman–Crippen LogP) is 10.6. The van der Waals surface area contributed by atoms with Crippen molar-refractivity contribution in [2.45, 2.75) is 19.3 Å². The van der Waals surface area contributed by atoms with Crippen molar-refractivity contribution >= 4 is 32.3 Å². The minimum atomic E-state index is -0.153. The van der Waals surface area contributed by atoms with E-state index in [1.54, 1.807) is 0 Å². The van der Waals surface area contributed by atoms with Gasteiger partial charge < -0.3 is 0 Å². The average Bonchev–Trinajstić information content (AvgIpc) is 3.32. The predicted molar refractivity (Wildman–Crippen MR) is 186 cm³/mol. The summed E-state index contributed by atoms with van der Waals surface area (Å²) in [5, 5.41) is 7.03. The Labute approximate surface area is 261 Å². The van der Waals surface area contributed by atoms with Gasteiger partial charge in [-0.2, -0.15) is 0 Å². The van der Waals surface area contributed by atoms with Crippen molar-refractivity contribution in [3.63, 3.8) is 0 Å². The van der Waals surface area contributed by atoms with Crippen LogP contribution in [0.5, 0.6) is 0 Å². The van der Waals surface area contributed by atoms with Crippen LogP contribution < -0.4 is 0 Å². The quantitative estimate of drug-likeness (QED) is 0.210. The molecular formula is C42H29N3. The summed E-state index contributed by atoms with van der Waals surface area (Å²) in [4.78, 5) is 15.7. The van der Waals surface area contributed by atoms with E-state index in [4.69, 9.17) is 15.0 Å². The van der Waals surface area contributed by atoms with Crippen molar-refractivity contribution in [3.8, 4) is 45.3 Å². The molecule has 212 valence electrons. The largest absolute Gasteiger partial charge is 0.208 e. The molecule has 0 fully saturated rings. The Morgan fingerprint density at radius 1 is 0.400 bits per heavy atom. The van der Waals surface area contributed by atoms with Crippen LogP contribution in [-0.4, -0.2) is 15.0 Å². The van der Waals surface area contributed by atoms with E-state index in [1.165, 1.54) is 38.4 Å². The van der Waals surface area contributed by atoms with Gasteiger partial charge in [0.1, 0.15) is 0 Å². The minimum Gasteiger partial charge on any atom is -0.208 e. The SMILES string of the molecule is CC1(C)c2ccccc2-c2c1cc1ccccc1c2-c1nc(-c2ccc3ccccc3c2)nc(-c2ccc3ccccc3c2)n1. The standard InChI is InChI=1S/C42H29N3/c1-42(2)35-18-10-9-17-34(35)37-36(42)25-30-15-7-8-16-33(30)38(37)41-44-39(31-21-19-26-11-3-5-13-28(26)23-31)43-40(45-41)32-22-20-27-12-4-6-14-29(27)24-32/h3-25H,1-2H3. The maximum Gasteiger partial charge on any atom is 0.165 e. The molecule has 1 heterocycles. The summed E-state index contributed by atoms with van der Waals surface area (Å²) in [5.41, 5.74) is 7.95. The van der Waals surface area contributed by atoms with Crippen LogP contribution in [0.4, 0.5) is 0 Å². The van der Waals surface area contributed by atoms with Crippen LogP contribution in [-0.2, 0) is 5.41 Å². The highest BCUT2D eigenvalue weighted by molar-refractivity contribution is 6.07. The average molecular weight is 576 g/mol. The lowest BCUT2D eigenvalue weighted by molar-refractivity contribution is 0.661. The van der Waals surface area contributed by atoms with Gasteiger partial charge in [-0.25, -0.2) is 15.0 Å². The first kappa shape index (κ1) is 25.8. The van der Waals surface area contributed by atoms with Gasteiger partial charge in [0.15, 0.2) is 17.5 Å². The van der Waals surface area contributed by atoms with Gasteiger partial charge in [0, 0.05) is 22.1 Å². The van der Waals surface area contributed by atoms with Crippen LogP contribution in [0.1, 0.15) is 25.0 Å². The summed E-state index contributed by atoms with van der Waals surface area (Å²) in [6.07, 6.45) is 0. The first-order valence-corrected chi connectivity index (χ1v) is 15.5. The summed E-state index contributed by atoms with van der Waals surface area (Å²) in [5.74, 6) is 2.03. The molecule has 1 aliphatic carbocycles. The Bertz CT molecular complexity index is 2380. The van der Waals surface area contributed by atoms with Crippen LogP contribution >= 0.6 is 0 Å². The van der Waals surface area contributed by atoms with Crippen molar-refractivity contribution in [2.75, 3.05) is 0 Å². The lowest BCUT2D eigenvalue weighted by Gasteiger charge is -2.22. The third kappa shape index (κ3) is 4.01. The second-order valence-electron chi connectivity index (χ2n) is 12.5. The molecule has 0 N–H and O–H groups in total. The number of aromatic nitrogens is 3. The molecule has 3 heteroatoms. The molecule has 0 aliphatic heterocycles. The van der Waals surface area contributed by atoms with Crippen molar-refractivity contribution < 1.29 is 0 Å². The van der Waals surface area contributed by atoms with E-state index < -0.39 is 0 Å². The molecule has 0 amide bonds. The number of nitrogens with zero attached hydrogens (tertiary/aromatic N) is 3. The molecule has 0 spiro atoms. The fraction of sp³-hybridized carbons (Fsp3) is 0.0714. The number of fused-ring (bicyclic) bond motifs is 6. The molecule has 1 aliphatic rings. The van der Waals surface area contributed by atoms with Gasteiger partial charge in [0.25, 0.3) is 0 Å². The van der Waals surface area contributed by atoms with Crippen LogP contribution in [0.15, 0.2) is 140 Å². The van der Waals surface area contributed by atoms with Crippen LogP contribution in [0.2, 0.25) is 0 Å². The molecule has 7 aromatic carbocycles. The normalized spacial score (nSPS) is 13.3. The van der Waals surface area contributed by atoms with Gasteiger partial charge in [-0.1, -0.05) is 135 Å². The van der Waals surface area contributed by atoms with Gasteiger partial charge in [0.05, 0.1) is 0 Å². The van der Waals surface area contributed by atoms with Gasteiger partial charge >= 0.3 is 0 Å². The molecule has 1 aromatic heterocycles. The van der Waals surface area contributed by atoms with E-state index in [2.05, 4.69) is 153 Å². The Morgan fingerprint density at radius 3 is 1.56 bits per heavy atom. The Hall–Kier alpha value is -5.67. The highest BCUT2D eigenvalue weighted by Gasteiger charge is 2.38. The van der Waals surface area contributed by atoms with Gasteiger partial charge in [0.2, 0.25) is 0 Å². The summed E-state index contributed by atoms with van der Waals surface area (Å²) in [7, 11) is 0. The Morgan fingerprint density at radius 2 is 0.911 bits per heavy atom. The maximum atomic E-state index is 5.29. The topological polar surface area (TPSA) is 38.7 Å². The van der Waals surface area contributed by atoms with E-state index in [-0.39, 0.29) is 5.41 Å². The van der Waals surface area contributed by atoms with Gasteiger partial charge in [-0.3, -0.25) is 0 Å². The van der Waals surface area contributed by atoms with Crippen molar-refractivity contribution in [2.24, 2.45) is 0 Å². The molecule has 0 saturated carbocycles. The van der Waals surface area contributed by atoms with E-state index in [9.17, 15) is 0 Å². The number of hydrogen-bond donors (Lipinski definition) is 0. The first-order chi connectivity index (χ1) is 22.0. The van der Waals surface area contributed by atoms with Crippen LogP contribution in [0.3, 0.4) is 0 Å². The smallest absolute Gasteiger partial charge is 0.165 e. The fourth-order valence-electron chi connectivity index (χ4n) is 7.15. The van der Waals surface area contributed by atoms with E-state index in [0.29, 0.717) is 17.5 Å². The lowest BCUT2D eigenvalue weighted by Crippen LogP contribution is -2.15. The van der Waals surface area contributed by atoms with Crippen molar-refractivity contribution in [1.29, 1.82) is 0 Å². The fourth-order valence-corrected chi connectivity index (χ4v) is 7.15. The number of hydrogen-bond acceptors (Lipinski definition) is 3. The molecule has 0 unspecified atom stereocenters. The lowest BCUT2D eigenvalue weighted by atomic mass is 9.81. The van der Waals surface area contributed by atoms with E-state index in [0.717, 1.165) is 32.8 Å². The van der Waals surface area contributed by atoms with E-state index in [1.807, 2.05) is 0 Å². The molecular weight excluding hydrogens is 546 g/mol. The molecule has 0 saturated heterocycles. The molecule has 45 heavy (non-hydrogen) atoms. The van der Waals surface area contributed by atoms with Crippen LogP contribution in [0, 0.1) is 0 Å². The maximum absolute atomic E-state index is 5.29. The Kier molecular flexibility index (Phi) is 5.54. The van der Waals surface area contributed by atoms with Crippen molar-refractivity contribution in [1.82, 2.24) is 15.0 Å². The second-order valence-corrected chi connectivity index (χ2v) is 12.5. The monoisotopic (exact) mass is 575 g/mol. The zero-order valence-corrected chi connectivity index (χ0v) is 25.1. The van der Waals surface area contributed by atoms with Crippen LogP contribution in [0.25, 0.3) is 77.6 Å². The molecule has 0 radical (unpaired) electrons. The third-order valence-electron chi connectivity index (χ3n) is 9.47. The minimum absolute atomic E-state index is 0.153. The zero-order valence-electron chi connectivity index (χ0n) is 25.1. The summed E-state index contributed by atoms with van der Waals surface area (Å²) in [6, 6.07) is 49.5. The first-order valence-electron chi connectivity index (χ1n) is 15.5. The third-order valence-corrected chi connectivity index (χ3v) is 9.47. The molecule has 9 rings (SSSR count). The number of benzene rings is 7. The van der Waals surface area contributed by atoms with E-state index >= 15 is 0 Å². The number of rotatable bonds is 3. The van der Waals surface area contributed by atoms with Crippen molar-refractivity contribution in [3.05, 3.63) is 151 Å². The zero-order chi connectivity index (χ0) is 30.1. The second kappa shape index (κ2) is 9.67. The summed E-state index contributed by atoms with van der Waals surface area (Å²) >= 11 is 0. The molecule has 3 nitrogen and oxygen atoms in total. The Balaban J connectivity index is 1.38. The highest BCUT2D eigenvalue weighted by atomic mass is 15.0. The molecule has 0 bridgehead atoms. The van der Waals surface area contributed by atoms with Gasteiger partial charge in [-0.15, -0.1) is 0 Å². The van der Waals surface area contributed by atoms with Gasteiger partial charge in [-0.05, 0) is 72.8 Å².